The SMILES string of the molecule is COc1ccc(C(C#N)N2CCN(C(=O)C3CCN(C(=O)C(C)(C)C)CC3)CC2)cc1. The Bertz CT molecular complexity index is 809. The average Bonchev–Trinajstić information content (AvgIpc) is 2.79. The van der Waals surface area contributed by atoms with Crippen LogP contribution in [-0.4, -0.2) is 72.9 Å². The molecule has 2 fully saturated rings. The number of amides is 2. The molecule has 0 N–H and O–H groups in total. The zero-order chi connectivity index (χ0) is 22.6. The lowest BCUT2D eigenvalue weighted by Crippen LogP contribution is -2.52. The molecule has 1 aromatic rings. The van der Waals surface area contributed by atoms with Crippen LogP contribution in [0.5, 0.6) is 5.75 Å². The Morgan fingerprint density at radius 1 is 1.00 bits per heavy atom. The van der Waals surface area contributed by atoms with Gasteiger partial charge in [-0.15, -0.1) is 0 Å². The second-order valence-corrected chi connectivity index (χ2v) is 9.48. The van der Waals surface area contributed by atoms with Crippen LogP contribution in [0.2, 0.25) is 0 Å². The quantitative estimate of drug-likeness (QED) is 0.740. The molecule has 0 aliphatic carbocycles. The monoisotopic (exact) mass is 426 g/mol. The molecule has 31 heavy (non-hydrogen) atoms. The van der Waals surface area contributed by atoms with Crippen LogP contribution in [0.25, 0.3) is 0 Å². The number of carbonyl (C=O) groups is 2. The number of methoxy groups -OCH3 is 1. The molecule has 1 unspecified atom stereocenters. The predicted molar refractivity (Wildman–Crippen MR) is 118 cm³/mol. The molecule has 2 aliphatic rings. The summed E-state index contributed by atoms with van der Waals surface area (Å²) < 4.78 is 5.20. The van der Waals surface area contributed by atoms with Crippen molar-refractivity contribution in [3.05, 3.63) is 29.8 Å². The summed E-state index contributed by atoms with van der Waals surface area (Å²) in [6.07, 6.45) is 1.46. The van der Waals surface area contributed by atoms with Crippen molar-refractivity contribution in [2.75, 3.05) is 46.4 Å². The molecule has 0 radical (unpaired) electrons. The minimum absolute atomic E-state index is 0.0103. The number of ether oxygens (including phenoxy) is 1. The summed E-state index contributed by atoms with van der Waals surface area (Å²) in [6.45, 7) is 9.74. The molecule has 0 bridgehead atoms. The first-order chi connectivity index (χ1) is 14.7. The van der Waals surface area contributed by atoms with Gasteiger partial charge in [0.1, 0.15) is 11.8 Å². The van der Waals surface area contributed by atoms with Crippen molar-refractivity contribution in [1.29, 1.82) is 5.26 Å². The van der Waals surface area contributed by atoms with Crippen LogP contribution >= 0.6 is 0 Å². The van der Waals surface area contributed by atoms with Crippen molar-refractivity contribution in [2.45, 2.75) is 39.7 Å². The van der Waals surface area contributed by atoms with E-state index in [-0.39, 0.29) is 29.2 Å². The summed E-state index contributed by atoms with van der Waals surface area (Å²) in [5.41, 5.74) is 0.563. The highest BCUT2D eigenvalue weighted by molar-refractivity contribution is 5.82. The van der Waals surface area contributed by atoms with E-state index in [0.29, 0.717) is 39.3 Å². The maximum Gasteiger partial charge on any atom is 0.227 e. The van der Waals surface area contributed by atoms with E-state index in [0.717, 1.165) is 24.2 Å². The molecule has 1 atom stereocenters. The van der Waals surface area contributed by atoms with Gasteiger partial charge < -0.3 is 14.5 Å². The van der Waals surface area contributed by atoms with E-state index in [2.05, 4.69) is 11.0 Å². The zero-order valence-electron chi connectivity index (χ0n) is 19.1. The summed E-state index contributed by atoms with van der Waals surface area (Å²) >= 11 is 0. The highest BCUT2D eigenvalue weighted by Crippen LogP contribution is 2.27. The standard InChI is InChI=1S/C24H34N4O3/c1-24(2,3)23(30)28-11-9-19(10-12-28)22(29)27-15-13-26(14-16-27)21(17-25)18-5-7-20(31-4)8-6-18/h5-8,19,21H,9-16H2,1-4H3. The number of hydrogen-bond acceptors (Lipinski definition) is 5. The fourth-order valence-corrected chi connectivity index (χ4v) is 4.42. The Hall–Kier alpha value is -2.59. The van der Waals surface area contributed by atoms with Crippen molar-refractivity contribution in [2.24, 2.45) is 11.3 Å². The van der Waals surface area contributed by atoms with Crippen molar-refractivity contribution >= 4 is 11.8 Å². The van der Waals surface area contributed by atoms with Gasteiger partial charge in [0.15, 0.2) is 0 Å². The minimum Gasteiger partial charge on any atom is -0.497 e. The van der Waals surface area contributed by atoms with Gasteiger partial charge in [-0.05, 0) is 30.5 Å². The lowest BCUT2D eigenvalue weighted by atomic mass is 9.90. The fraction of sp³-hybridized carbons (Fsp3) is 0.625. The molecule has 168 valence electrons. The van der Waals surface area contributed by atoms with E-state index in [4.69, 9.17) is 4.74 Å². The molecule has 7 nitrogen and oxygen atoms in total. The second-order valence-electron chi connectivity index (χ2n) is 9.48. The first-order valence-electron chi connectivity index (χ1n) is 11.1. The third kappa shape index (κ3) is 5.37. The van der Waals surface area contributed by atoms with Gasteiger partial charge in [-0.25, -0.2) is 0 Å². The summed E-state index contributed by atoms with van der Waals surface area (Å²) in [7, 11) is 1.62. The van der Waals surface area contributed by atoms with E-state index in [1.165, 1.54) is 0 Å². The van der Waals surface area contributed by atoms with Crippen LogP contribution in [-0.2, 0) is 9.59 Å². The van der Waals surface area contributed by atoms with Crippen LogP contribution in [0.3, 0.4) is 0 Å². The molecule has 7 heteroatoms. The third-order valence-corrected chi connectivity index (χ3v) is 6.32. The van der Waals surface area contributed by atoms with Crippen LogP contribution in [0.1, 0.15) is 45.2 Å². The minimum atomic E-state index is -0.381. The van der Waals surface area contributed by atoms with Gasteiger partial charge in [-0.3, -0.25) is 14.5 Å². The normalized spacial score (nSPS) is 19.6. The predicted octanol–water partition coefficient (Wildman–Crippen LogP) is 2.69. The number of hydrogen-bond donors (Lipinski definition) is 0. The largest absolute Gasteiger partial charge is 0.497 e. The molecule has 3 rings (SSSR count). The van der Waals surface area contributed by atoms with Crippen LogP contribution in [0.15, 0.2) is 24.3 Å². The zero-order valence-corrected chi connectivity index (χ0v) is 19.1. The maximum atomic E-state index is 13.0. The number of rotatable bonds is 4. The second kappa shape index (κ2) is 9.69. The number of piperazine rings is 1. The maximum absolute atomic E-state index is 13.0. The Morgan fingerprint density at radius 2 is 1.58 bits per heavy atom. The highest BCUT2D eigenvalue weighted by Gasteiger charge is 2.35. The lowest BCUT2D eigenvalue weighted by Gasteiger charge is -2.40. The smallest absolute Gasteiger partial charge is 0.227 e. The number of benzene rings is 1. The molecule has 2 amide bonds. The fourth-order valence-electron chi connectivity index (χ4n) is 4.42. The van der Waals surface area contributed by atoms with Crippen LogP contribution in [0.4, 0.5) is 0 Å². The van der Waals surface area contributed by atoms with Crippen molar-refractivity contribution in [3.8, 4) is 11.8 Å². The summed E-state index contributed by atoms with van der Waals surface area (Å²) in [5, 5.41) is 9.73. The Kier molecular flexibility index (Phi) is 7.22. The number of nitrogens with zero attached hydrogens (tertiary/aromatic N) is 4. The third-order valence-electron chi connectivity index (χ3n) is 6.32. The first-order valence-corrected chi connectivity index (χ1v) is 11.1. The van der Waals surface area contributed by atoms with Gasteiger partial charge in [-0.2, -0.15) is 5.26 Å². The molecular formula is C24H34N4O3. The van der Waals surface area contributed by atoms with Crippen molar-refractivity contribution in [3.63, 3.8) is 0 Å². The number of carbonyl (C=O) groups excluding carboxylic acids is 2. The van der Waals surface area contributed by atoms with Gasteiger partial charge in [0.05, 0.1) is 13.2 Å². The van der Waals surface area contributed by atoms with Crippen LogP contribution in [0, 0.1) is 22.7 Å². The van der Waals surface area contributed by atoms with E-state index in [9.17, 15) is 14.9 Å². The molecule has 1 aromatic carbocycles. The average molecular weight is 427 g/mol. The van der Waals surface area contributed by atoms with Gasteiger partial charge in [0.2, 0.25) is 11.8 Å². The van der Waals surface area contributed by atoms with Crippen molar-refractivity contribution < 1.29 is 14.3 Å². The summed E-state index contributed by atoms with van der Waals surface area (Å²) in [4.78, 5) is 31.5. The van der Waals surface area contributed by atoms with Gasteiger partial charge in [0, 0.05) is 50.6 Å². The summed E-state index contributed by atoms with van der Waals surface area (Å²) in [5.74, 6) is 1.11. The van der Waals surface area contributed by atoms with E-state index in [1.54, 1.807) is 7.11 Å². The number of nitriles is 1. The first kappa shape index (κ1) is 23.1. The summed E-state index contributed by atoms with van der Waals surface area (Å²) in [6, 6.07) is 9.68. The van der Waals surface area contributed by atoms with E-state index in [1.807, 2.05) is 54.8 Å². The Morgan fingerprint density at radius 3 is 2.06 bits per heavy atom. The molecule has 2 heterocycles. The van der Waals surface area contributed by atoms with Gasteiger partial charge >= 0.3 is 0 Å². The molecular weight excluding hydrogens is 392 g/mol. The number of likely N-dealkylation sites (tertiary alicyclic amines) is 1. The van der Waals surface area contributed by atoms with Crippen LogP contribution < -0.4 is 4.74 Å². The Labute approximate surface area is 185 Å². The van der Waals surface area contributed by atoms with Gasteiger partial charge in [0.25, 0.3) is 0 Å². The molecule has 0 aromatic heterocycles. The lowest BCUT2D eigenvalue weighted by molar-refractivity contribution is -0.145. The van der Waals surface area contributed by atoms with Crippen molar-refractivity contribution in [1.82, 2.24) is 14.7 Å². The molecule has 0 spiro atoms. The highest BCUT2D eigenvalue weighted by atomic mass is 16.5. The van der Waals surface area contributed by atoms with E-state index >= 15 is 0 Å². The van der Waals surface area contributed by atoms with Gasteiger partial charge in [-0.1, -0.05) is 32.9 Å². The molecule has 2 saturated heterocycles. The topological polar surface area (TPSA) is 76.9 Å². The van der Waals surface area contributed by atoms with E-state index < -0.39 is 0 Å². The number of piperidine rings is 1. The Balaban J connectivity index is 1.51. The molecule has 2 aliphatic heterocycles. The molecule has 0 saturated carbocycles.